The summed E-state index contributed by atoms with van der Waals surface area (Å²) in [6.07, 6.45) is -0.0485. The van der Waals surface area contributed by atoms with Crippen LogP contribution >= 0.6 is 0 Å². The lowest BCUT2D eigenvalue weighted by atomic mass is 10.4. The molecule has 0 saturated carbocycles. The van der Waals surface area contributed by atoms with E-state index in [0.29, 0.717) is 26.4 Å². The molecule has 40 heteroatoms. The van der Waals surface area contributed by atoms with Gasteiger partial charge in [-0.3, -0.25) is 0 Å². The van der Waals surface area contributed by atoms with Crippen LogP contribution < -0.4 is 0 Å². The lowest BCUT2D eigenvalue weighted by Crippen LogP contribution is -2.60. The number of aliphatic hydroxyl groups is 8. The maximum atomic E-state index is 9.39. The van der Waals surface area contributed by atoms with Gasteiger partial charge in [0.15, 0.2) is 74.9 Å². The fourth-order valence-corrected chi connectivity index (χ4v) is 79.0. The van der Waals surface area contributed by atoms with E-state index < -0.39 is 159 Å². The standard InChI is InChI=1S/C17H46O7Si5.2C15H40O6Si4.C13H34O5Si3/c1-25(2,3)21-27(7,8)23-28(9,10)24-29(11,22-26(4,5)6)14-12-13-20-16-17(19)15-18;1-22(2,3)19-24(7,8)21-25(9,20-23(4,5)6)12-10-11-18-14-15(17)13-16;1-22(2,3)19-25(20-23(4,5)6,21-24(7,8)9)12-10-11-18-14-15(17)13-16;1-19(2,3)17-21(7,18-20(4,5)6)10-8-9-16-12-13(15)11-14/h17-19H,12-16H2,1-11H3;2*15-17H,10-14H2,1-9H3;13-15H,8-12H2,1-7H3. The zero-order valence-corrected chi connectivity index (χ0v) is 86.6. The second kappa shape index (κ2) is 47.8. The first-order chi connectivity index (χ1) is 44.3. The van der Waals surface area contributed by atoms with E-state index in [1.54, 1.807) is 0 Å². The zero-order chi connectivity index (χ0) is 79.8. The third-order valence-electron chi connectivity index (χ3n) is 11.6. The Hall–Kier alpha value is 2.51. The van der Waals surface area contributed by atoms with Crippen molar-refractivity contribution in [2.24, 2.45) is 0 Å². The minimum Gasteiger partial charge on any atom is -0.437 e. The van der Waals surface area contributed by atoms with Gasteiger partial charge in [-0.2, -0.15) is 0 Å². The van der Waals surface area contributed by atoms with Crippen molar-refractivity contribution < 1.29 is 109 Å². The normalized spacial score (nSPS) is 16.4. The molecular weight excluding hydrogens is 1550 g/mol. The van der Waals surface area contributed by atoms with Gasteiger partial charge in [0.25, 0.3) is 0 Å². The second-order valence-electron chi connectivity index (χ2n) is 36.6. The lowest BCUT2D eigenvalue weighted by Gasteiger charge is -2.43. The Bertz CT molecular complexity index is 2040. The molecule has 0 aliphatic heterocycles. The summed E-state index contributed by atoms with van der Waals surface area (Å²) in [6, 6.07) is 3.25. The van der Waals surface area contributed by atoms with Crippen molar-refractivity contribution in [1.82, 2.24) is 0 Å². The van der Waals surface area contributed by atoms with E-state index >= 15 is 0 Å². The van der Waals surface area contributed by atoms with Gasteiger partial charge < -0.3 is 109 Å². The summed E-state index contributed by atoms with van der Waals surface area (Å²) >= 11 is 0. The van der Waals surface area contributed by atoms with Crippen molar-refractivity contribution in [2.75, 3.05) is 79.3 Å². The maximum Gasteiger partial charge on any atom is 0.469 e. The SMILES string of the molecule is C[Si](C)(C)O[Si](C)(C)O[Si](C)(C)O[Si](C)(CCCOCC(O)CO)O[Si](C)(C)C.C[Si](C)(C)O[Si](C)(C)O[Si](C)(CCCOCC(O)CO)O[Si](C)(C)C.C[Si](C)(C)O[Si](C)(CCCOCC(O)CO)O[Si](C)(C)C.C[Si](C)(C)O[Si](CCCOCC(O)CO)(O[Si](C)(C)C)O[Si](C)(C)C. The van der Waals surface area contributed by atoms with Gasteiger partial charge in [-0.15, -0.1) is 0 Å². The Labute approximate surface area is 629 Å². The molecule has 0 aromatic carbocycles. The average molecular weight is 1720 g/mol. The molecule has 100 heavy (non-hydrogen) atoms. The minimum atomic E-state index is -2.79. The van der Waals surface area contributed by atoms with E-state index in [-0.39, 0.29) is 52.9 Å². The summed E-state index contributed by atoms with van der Waals surface area (Å²) < 4.78 is 99.8. The Morgan fingerprint density at radius 2 is 0.380 bits per heavy atom. The summed E-state index contributed by atoms with van der Waals surface area (Å²) in [7, 11) is -32.6. The van der Waals surface area contributed by atoms with E-state index in [2.05, 4.69) is 236 Å². The number of hydrogen-bond donors (Lipinski definition) is 8. The van der Waals surface area contributed by atoms with Crippen molar-refractivity contribution in [2.45, 2.75) is 310 Å². The van der Waals surface area contributed by atoms with Crippen LogP contribution in [0.25, 0.3) is 0 Å². The minimum absolute atomic E-state index is 0.141. The first kappa shape index (κ1) is 109. The van der Waals surface area contributed by atoms with Gasteiger partial charge in [0, 0.05) is 32.5 Å². The summed E-state index contributed by atoms with van der Waals surface area (Å²) in [5.41, 5.74) is 0. The Balaban J connectivity index is -0.000000618. The molecule has 6 atom stereocenters. The molecule has 0 amide bonds. The molecule has 0 aliphatic carbocycles. The molecule has 0 aromatic rings. The van der Waals surface area contributed by atoms with Crippen molar-refractivity contribution in [3.05, 3.63) is 0 Å². The fourth-order valence-electron chi connectivity index (χ4n) is 10.7. The summed E-state index contributed by atoms with van der Waals surface area (Å²) in [5, 5.41) is 72.5. The molecule has 0 saturated heterocycles. The molecule has 0 rings (SSSR count). The van der Waals surface area contributed by atoms with Crippen molar-refractivity contribution in [3.63, 3.8) is 0 Å². The van der Waals surface area contributed by atoms with Gasteiger partial charge in [-0.25, -0.2) is 0 Å². The molecule has 0 aliphatic rings. The quantitative estimate of drug-likeness (QED) is 0.0207. The van der Waals surface area contributed by atoms with Crippen LogP contribution in [0.4, 0.5) is 0 Å². The van der Waals surface area contributed by atoms with E-state index in [1.807, 2.05) is 0 Å². The predicted molar refractivity (Wildman–Crippen MR) is 450 cm³/mol. The Kier molecular flexibility index (Phi) is 52.0. The first-order valence-corrected chi connectivity index (χ1v) is 84.8. The van der Waals surface area contributed by atoms with E-state index in [9.17, 15) is 20.4 Å². The number of rotatable bonds is 52. The van der Waals surface area contributed by atoms with Crippen LogP contribution in [-0.2, 0) is 68.3 Å². The van der Waals surface area contributed by atoms with E-state index in [1.165, 1.54) is 0 Å². The average Bonchev–Trinajstić information content (AvgIpc) is 0.826. The predicted octanol–water partition coefficient (Wildman–Crippen LogP) is 13.0. The van der Waals surface area contributed by atoms with E-state index in [0.717, 1.165) is 49.9 Å². The van der Waals surface area contributed by atoms with Crippen LogP contribution in [0.15, 0.2) is 0 Å². The maximum absolute atomic E-state index is 9.39. The summed E-state index contributed by atoms with van der Waals surface area (Å²) in [6.45, 7) is 79.5. The van der Waals surface area contributed by atoms with Crippen LogP contribution in [-0.4, -0.2) is 280 Å². The first-order valence-electron chi connectivity index (χ1n) is 36.2. The van der Waals surface area contributed by atoms with Crippen LogP contribution in [0.1, 0.15) is 25.7 Å². The molecule has 0 bridgehead atoms. The largest absolute Gasteiger partial charge is 0.469 e. The molecule has 6 unspecified atom stereocenters. The van der Waals surface area contributed by atoms with Crippen LogP contribution in [0.5, 0.6) is 0 Å². The highest BCUT2D eigenvalue weighted by molar-refractivity contribution is 6.93. The fraction of sp³-hybridized carbons (Fsp3) is 1.00. The van der Waals surface area contributed by atoms with Gasteiger partial charge in [0.05, 0.1) is 52.9 Å². The molecule has 0 aromatic heterocycles. The number of hydrogen-bond acceptors (Lipinski definition) is 24. The third kappa shape index (κ3) is 70.9. The highest BCUT2D eigenvalue weighted by atomic mass is 28.5. The summed E-state index contributed by atoms with van der Waals surface area (Å²) in [4.78, 5) is 0. The van der Waals surface area contributed by atoms with Gasteiger partial charge in [0.1, 0.15) is 24.4 Å². The van der Waals surface area contributed by atoms with Gasteiger partial charge in [-0.05, 0) is 280 Å². The van der Waals surface area contributed by atoms with Crippen molar-refractivity contribution >= 4 is 135 Å². The van der Waals surface area contributed by atoms with Gasteiger partial charge in [0.2, 0.25) is 0 Å². The van der Waals surface area contributed by atoms with Crippen molar-refractivity contribution in [3.8, 4) is 0 Å². The zero-order valence-electron chi connectivity index (χ0n) is 70.6. The molecule has 0 radical (unpaired) electrons. The number of aliphatic hydroxyl groups excluding tert-OH is 8. The van der Waals surface area contributed by atoms with Gasteiger partial charge in [-0.1, -0.05) is 0 Å². The number of ether oxygens (including phenoxy) is 4. The third-order valence-corrected chi connectivity index (χ3v) is 64.3. The van der Waals surface area contributed by atoms with E-state index in [4.69, 9.17) is 88.8 Å². The van der Waals surface area contributed by atoms with Crippen molar-refractivity contribution in [1.29, 1.82) is 0 Å². The Morgan fingerprint density at radius 3 is 0.570 bits per heavy atom. The molecule has 0 spiro atoms. The molecule has 608 valence electrons. The van der Waals surface area contributed by atoms with Gasteiger partial charge >= 0.3 is 60.2 Å². The van der Waals surface area contributed by atoms with Crippen LogP contribution in [0.3, 0.4) is 0 Å². The molecule has 24 nitrogen and oxygen atoms in total. The second-order valence-corrected chi connectivity index (χ2v) is 103. The molecule has 0 fully saturated rings. The highest BCUT2D eigenvalue weighted by Gasteiger charge is 2.51. The monoisotopic (exact) mass is 1710 g/mol. The molecule has 8 N–H and O–H groups in total. The molecular formula is C60H160O24Si16. The van der Waals surface area contributed by atoms with Crippen LogP contribution in [0, 0.1) is 0 Å². The topological polar surface area (TPSA) is 310 Å². The lowest BCUT2D eigenvalue weighted by molar-refractivity contribution is 0.00599. The highest BCUT2D eigenvalue weighted by Crippen LogP contribution is 2.33. The Morgan fingerprint density at radius 1 is 0.210 bits per heavy atom. The van der Waals surface area contributed by atoms with Crippen LogP contribution in [0.2, 0.25) is 260 Å². The smallest absolute Gasteiger partial charge is 0.437 e. The molecule has 0 heterocycles. The summed E-state index contributed by atoms with van der Waals surface area (Å²) in [5.74, 6) is 0.